The third kappa shape index (κ3) is 3.25. The van der Waals surface area contributed by atoms with Crippen molar-refractivity contribution in [2.45, 2.75) is 11.4 Å². The largest absolute Gasteiger partial charge is 0.497 e. The molecule has 0 aliphatic carbocycles. The molecule has 0 fully saturated rings. The molecule has 0 bridgehead atoms. The molecule has 0 spiro atoms. The molecule has 8 heteroatoms. The number of hydrogen-bond acceptors (Lipinski definition) is 6. The van der Waals surface area contributed by atoms with E-state index >= 15 is 0 Å². The van der Waals surface area contributed by atoms with Gasteiger partial charge in [0.1, 0.15) is 16.4 Å². The lowest BCUT2D eigenvalue weighted by Gasteiger charge is -2.26. The van der Waals surface area contributed by atoms with Gasteiger partial charge in [0.2, 0.25) is 0 Å². The zero-order valence-corrected chi connectivity index (χ0v) is 17.2. The number of benzene rings is 2. The highest BCUT2D eigenvalue weighted by molar-refractivity contribution is 7.93. The van der Waals surface area contributed by atoms with Gasteiger partial charge in [0.15, 0.2) is 5.82 Å². The summed E-state index contributed by atoms with van der Waals surface area (Å²) in [5, 5.41) is 0. The highest BCUT2D eigenvalue weighted by Crippen LogP contribution is 2.44. The van der Waals surface area contributed by atoms with E-state index in [0.717, 1.165) is 11.3 Å². The van der Waals surface area contributed by atoms with Crippen LogP contribution in [0.2, 0.25) is 0 Å². The predicted octanol–water partition coefficient (Wildman–Crippen LogP) is 3.58. The molecule has 0 atom stereocenters. The summed E-state index contributed by atoms with van der Waals surface area (Å²) in [6.07, 6.45) is 1.60. The number of fused-ring (bicyclic) bond motifs is 2. The van der Waals surface area contributed by atoms with Gasteiger partial charge >= 0.3 is 0 Å². The first-order valence-electron chi connectivity index (χ1n) is 8.98. The quantitative estimate of drug-likeness (QED) is 0.654. The summed E-state index contributed by atoms with van der Waals surface area (Å²) >= 11 is 0. The Bertz CT molecular complexity index is 1150. The van der Waals surface area contributed by atoms with E-state index in [2.05, 4.69) is 4.98 Å². The van der Waals surface area contributed by atoms with Crippen molar-refractivity contribution in [1.29, 1.82) is 0 Å². The molecule has 2 heterocycles. The van der Waals surface area contributed by atoms with Crippen LogP contribution in [0.3, 0.4) is 0 Å². The Labute approximate surface area is 170 Å². The van der Waals surface area contributed by atoms with E-state index in [9.17, 15) is 8.42 Å². The smallest absolute Gasteiger partial charge is 0.267 e. The van der Waals surface area contributed by atoms with E-state index in [1.807, 2.05) is 35.2 Å². The molecular formula is C21H21N3O4S. The van der Waals surface area contributed by atoms with Crippen molar-refractivity contribution >= 4 is 27.2 Å². The van der Waals surface area contributed by atoms with E-state index in [-0.39, 0.29) is 4.90 Å². The molecule has 7 nitrogen and oxygen atoms in total. The van der Waals surface area contributed by atoms with Crippen LogP contribution in [0.1, 0.15) is 5.56 Å². The third-order valence-electron chi connectivity index (χ3n) is 4.96. The van der Waals surface area contributed by atoms with Crippen LogP contribution in [0.5, 0.6) is 11.5 Å². The standard InChI is InChI=1S/C21H21N3O4S/c1-23-18-11-10-17(28-3)13-19(18)24(14-15-6-8-16(27-2)9-7-15)21-20(29(23,25)26)5-4-12-22-21/h4-13H,14H2,1-3H3. The average molecular weight is 411 g/mol. The van der Waals surface area contributed by atoms with Gasteiger partial charge in [0.25, 0.3) is 10.0 Å². The molecule has 29 heavy (non-hydrogen) atoms. The molecule has 0 radical (unpaired) electrons. The number of sulfonamides is 1. The fourth-order valence-electron chi connectivity index (χ4n) is 3.36. The molecule has 0 unspecified atom stereocenters. The lowest BCUT2D eigenvalue weighted by molar-refractivity contribution is 0.414. The molecule has 150 valence electrons. The minimum atomic E-state index is -3.76. The van der Waals surface area contributed by atoms with Crippen LogP contribution in [0.15, 0.2) is 65.7 Å². The summed E-state index contributed by atoms with van der Waals surface area (Å²) in [4.78, 5) is 6.49. The van der Waals surface area contributed by atoms with Crippen LogP contribution >= 0.6 is 0 Å². The normalized spacial score (nSPS) is 14.6. The van der Waals surface area contributed by atoms with Crippen LogP contribution in [0, 0.1) is 0 Å². The van der Waals surface area contributed by atoms with Crippen molar-refractivity contribution in [3.63, 3.8) is 0 Å². The van der Waals surface area contributed by atoms with Crippen LogP contribution in [-0.2, 0) is 16.6 Å². The van der Waals surface area contributed by atoms with Gasteiger partial charge in [-0.05, 0) is 42.0 Å². The molecule has 0 saturated heterocycles. The average Bonchev–Trinajstić information content (AvgIpc) is 2.82. The van der Waals surface area contributed by atoms with Crippen molar-refractivity contribution in [2.24, 2.45) is 0 Å². The second-order valence-electron chi connectivity index (χ2n) is 6.59. The number of hydrogen-bond donors (Lipinski definition) is 0. The maximum atomic E-state index is 13.2. The van der Waals surface area contributed by atoms with Crippen molar-refractivity contribution in [2.75, 3.05) is 30.5 Å². The zero-order chi connectivity index (χ0) is 20.6. The van der Waals surface area contributed by atoms with Crippen molar-refractivity contribution < 1.29 is 17.9 Å². The third-order valence-corrected chi connectivity index (χ3v) is 6.75. The Morgan fingerprint density at radius 3 is 2.31 bits per heavy atom. The Morgan fingerprint density at radius 1 is 0.931 bits per heavy atom. The van der Waals surface area contributed by atoms with Crippen molar-refractivity contribution in [3.05, 3.63) is 66.4 Å². The number of anilines is 3. The molecule has 2 aromatic carbocycles. The molecule has 1 aromatic heterocycles. The SMILES string of the molecule is COc1ccc(CN2c3cc(OC)ccc3N(C)S(=O)(=O)c3cccnc32)cc1. The molecule has 0 N–H and O–H groups in total. The predicted molar refractivity (Wildman–Crippen MR) is 112 cm³/mol. The Hall–Kier alpha value is -3.26. The van der Waals surface area contributed by atoms with Crippen molar-refractivity contribution in [3.8, 4) is 11.5 Å². The number of methoxy groups -OCH3 is 2. The minimum Gasteiger partial charge on any atom is -0.497 e. The maximum absolute atomic E-state index is 13.2. The fraction of sp³-hybridized carbons (Fsp3) is 0.190. The fourth-order valence-corrected chi connectivity index (χ4v) is 4.72. The van der Waals surface area contributed by atoms with Gasteiger partial charge < -0.3 is 14.4 Å². The number of aromatic nitrogens is 1. The number of ether oxygens (including phenoxy) is 2. The first-order valence-corrected chi connectivity index (χ1v) is 10.4. The number of nitrogens with zero attached hydrogens (tertiary/aromatic N) is 3. The molecule has 4 rings (SSSR count). The summed E-state index contributed by atoms with van der Waals surface area (Å²) in [7, 11) is 0.993. The van der Waals surface area contributed by atoms with Crippen LogP contribution in [-0.4, -0.2) is 34.7 Å². The molecule has 3 aromatic rings. The van der Waals surface area contributed by atoms with Crippen LogP contribution in [0.4, 0.5) is 17.2 Å². The first-order chi connectivity index (χ1) is 14.0. The lowest BCUT2D eigenvalue weighted by Crippen LogP contribution is -2.25. The molecule has 0 saturated carbocycles. The van der Waals surface area contributed by atoms with Gasteiger partial charge in [-0.25, -0.2) is 13.4 Å². The lowest BCUT2D eigenvalue weighted by atomic mass is 10.1. The summed E-state index contributed by atoms with van der Waals surface area (Å²) in [6, 6.07) is 16.2. The topological polar surface area (TPSA) is 72.0 Å². The second kappa shape index (κ2) is 7.29. The van der Waals surface area contributed by atoms with Gasteiger partial charge in [-0.2, -0.15) is 0 Å². The van der Waals surface area contributed by atoms with Gasteiger partial charge in [-0.15, -0.1) is 0 Å². The number of pyridine rings is 1. The van der Waals surface area contributed by atoms with E-state index in [1.165, 1.54) is 4.31 Å². The Kier molecular flexibility index (Phi) is 4.79. The van der Waals surface area contributed by atoms with Gasteiger partial charge in [0, 0.05) is 25.9 Å². The Morgan fingerprint density at radius 2 is 1.62 bits per heavy atom. The summed E-state index contributed by atoms with van der Waals surface area (Å²) in [5.41, 5.74) is 2.24. The summed E-state index contributed by atoms with van der Waals surface area (Å²) < 4.78 is 38.4. The van der Waals surface area contributed by atoms with Crippen molar-refractivity contribution in [1.82, 2.24) is 4.98 Å². The van der Waals surface area contributed by atoms with Gasteiger partial charge in [-0.1, -0.05) is 12.1 Å². The number of rotatable bonds is 4. The molecular weight excluding hydrogens is 390 g/mol. The van der Waals surface area contributed by atoms with Gasteiger partial charge in [0.05, 0.1) is 25.6 Å². The molecule has 1 aliphatic heterocycles. The second-order valence-corrected chi connectivity index (χ2v) is 8.52. The van der Waals surface area contributed by atoms with Gasteiger partial charge in [-0.3, -0.25) is 4.31 Å². The monoisotopic (exact) mass is 411 g/mol. The highest BCUT2D eigenvalue weighted by Gasteiger charge is 2.34. The highest BCUT2D eigenvalue weighted by atomic mass is 32.2. The molecule has 0 amide bonds. The Balaban J connectivity index is 1.93. The van der Waals surface area contributed by atoms with E-state index < -0.39 is 10.0 Å². The van der Waals surface area contributed by atoms with Crippen LogP contribution in [0.25, 0.3) is 0 Å². The van der Waals surface area contributed by atoms with Crippen LogP contribution < -0.4 is 18.7 Å². The van der Waals surface area contributed by atoms with E-state index in [4.69, 9.17) is 9.47 Å². The van der Waals surface area contributed by atoms with E-state index in [0.29, 0.717) is 29.5 Å². The molecule has 1 aliphatic rings. The van der Waals surface area contributed by atoms with E-state index in [1.54, 1.807) is 51.7 Å². The minimum absolute atomic E-state index is 0.158. The maximum Gasteiger partial charge on any atom is 0.267 e. The zero-order valence-electron chi connectivity index (χ0n) is 16.4. The first kappa shape index (κ1) is 19.1. The summed E-state index contributed by atoms with van der Waals surface area (Å²) in [6.45, 7) is 0.428. The summed E-state index contributed by atoms with van der Waals surface area (Å²) in [5.74, 6) is 1.77.